The van der Waals surface area contributed by atoms with Crippen molar-refractivity contribution in [2.45, 2.75) is 71.1 Å². The first-order chi connectivity index (χ1) is 9.30. The van der Waals surface area contributed by atoms with Crippen LogP contribution in [0.25, 0.3) is 0 Å². The van der Waals surface area contributed by atoms with E-state index in [0.717, 1.165) is 6.29 Å². The van der Waals surface area contributed by atoms with Gasteiger partial charge in [-0.2, -0.15) is 0 Å². The van der Waals surface area contributed by atoms with E-state index >= 15 is 0 Å². The Hall–Kier alpha value is -0.0162. The number of hydrogen-bond acceptors (Lipinski definition) is 4. The van der Waals surface area contributed by atoms with Crippen molar-refractivity contribution in [1.29, 1.82) is 0 Å². The zero-order chi connectivity index (χ0) is 16.9. The second-order valence-electron chi connectivity index (χ2n) is 8.19. The highest BCUT2D eigenvalue weighted by Crippen LogP contribution is 2.36. The van der Waals surface area contributed by atoms with Crippen LogP contribution in [0.5, 0.6) is 0 Å². The maximum absolute atomic E-state index is 11.2. The summed E-state index contributed by atoms with van der Waals surface area (Å²) in [6.45, 7) is 17.8. The molecule has 4 nitrogen and oxygen atoms in total. The summed E-state index contributed by atoms with van der Waals surface area (Å²) >= 11 is 0. The number of aldehydes is 1. The summed E-state index contributed by atoms with van der Waals surface area (Å²) in [5.41, 5.74) is 0. The van der Waals surface area contributed by atoms with Gasteiger partial charge >= 0.3 is 0 Å². The molecule has 0 spiro atoms. The normalized spacial score (nSPS) is 16.6. The van der Waals surface area contributed by atoms with Crippen LogP contribution >= 0.6 is 0 Å². The lowest BCUT2D eigenvalue weighted by atomic mass is 10.0. The van der Waals surface area contributed by atoms with E-state index in [1.54, 1.807) is 0 Å². The molecule has 0 unspecified atom stereocenters. The third-order valence-electron chi connectivity index (χ3n) is 4.08. The summed E-state index contributed by atoms with van der Waals surface area (Å²) in [6, 6.07) is 0. The highest BCUT2D eigenvalue weighted by atomic mass is 28.4. The van der Waals surface area contributed by atoms with Crippen molar-refractivity contribution in [2.24, 2.45) is 5.92 Å². The van der Waals surface area contributed by atoms with Crippen molar-refractivity contribution in [3.05, 3.63) is 0 Å². The minimum Gasteiger partial charge on any atom is -0.418 e. The highest BCUT2D eigenvalue weighted by molar-refractivity contribution is 6.74. The third kappa shape index (κ3) is 8.25. The SMILES string of the molecule is CC(C)(C)[Si](C)(C)OC[C@H](O)[C@@H](C=O)CCO[Si](C)(C)C. The maximum Gasteiger partial charge on any atom is 0.192 e. The second-order valence-corrected chi connectivity index (χ2v) is 17.5. The second kappa shape index (κ2) is 8.01. The van der Waals surface area contributed by atoms with E-state index < -0.39 is 28.7 Å². The van der Waals surface area contributed by atoms with Crippen LogP contribution in [0.2, 0.25) is 37.8 Å². The molecule has 0 rings (SSSR count). The van der Waals surface area contributed by atoms with Crippen LogP contribution in [0.3, 0.4) is 0 Å². The van der Waals surface area contributed by atoms with Crippen LogP contribution < -0.4 is 0 Å². The molecule has 0 aromatic rings. The zero-order valence-corrected chi connectivity index (χ0v) is 17.0. The van der Waals surface area contributed by atoms with Gasteiger partial charge in [0.25, 0.3) is 0 Å². The van der Waals surface area contributed by atoms with Crippen LogP contribution in [0.1, 0.15) is 27.2 Å². The molecule has 0 aromatic heterocycles. The van der Waals surface area contributed by atoms with E-state index in [1.165, 1.54) is 0 Å². The standard InChI is InChI=1S/C15H34O4Si2/c1-15(2,3)21(7,8)19-12-14(17)13(11-16)9-10-18-20(4,5)6/h11,13-14,17H,9-10,12H2,1-8H3/t13-,14+/m1/s1. The first kappa shape index (κ1) is 21.0. The van der Waals surface area contributed by atoms with Crippen molar-refractivity contribution < 1.29 is 18.8 Å². The lowest BCUT2D eigenvalue weighted by Gasteiger charge is -2.37. The Bertz CT molecular complexity index is 319. The molecule has 0 saturated heterocycles. The Morgan fingerprint density at radius 2 is 1.62 bits per heavy atom. The first-order valence-electron chi connectivity index (χ1n) is 7.71. The predicted molar refractivity (Wildman–Crippen MR) is 92.6 cm³/mol. The highest BCUT2D eigenvalue weighted by Gasteiger charge is 2.38. The van der Waals surface area contributed by atoms with Gasteiger partial charge in [0.2, 0.25) is 0 Å². The summed E-state index contributed by atoms with van der Waals surface area (Å²) in [5.74, 6) is -0.411. The Morgan fingerprint density at radius 1 is 1.10 bits per heavy atom. The van der Waals surface area contributed by atoms with Crippen LogP contribution in [0.15, 0.2) is 0 Å². The van der Waals surface area contributed by atoms with Gasteiger partial charge in [0.1, 0.15) is 6.29 Å². The summed E-state index contributed by atoms with van der Waals surface area (Å²) in [6.07, 6.45) is 0.630. The van der Waals surface area contributed by atoms with Gasteiger partial charge in [0, 0.05) is 12.5 Å². The monoisotopic (exact) mass is 334 g/mol. The van der Waals surface area contributed by atoms with Gasteiger partial charge < -0.3 is 18.8 Å². The number of carbonyl (C=O) groups is 1. The van der Waals surface area contributed by atoms with Gasteiger partial charge in [0.05, 0.1) is 12.7 Å². The molecule has 0 saturated carbocycles. The molecule has 1 N–H and O–H groups in total. The largest absolute Gasteiger partial charge is 0.418 e. The zero-order valence-electron chi connectivity index (χ0n) is 15.0. The van der Waals surface area contributed by atoms with Crippen molar-refractivity contribution in [3.63, 3.8) is 0 Å². The minimum absolute atomic E-state index is 0.102. The molecule has 126 valence electrons. The number of hydrogen-bond donors (Lipinski definition) is 1. The predicted octanol–water partition coefficient (Wildman–Crippen LogP) is 3.43. The van der Waals surface area contributed by atoms with E-state index in [-0.39, 0.29) is 11.6 Å². The van der Waals surface area contributed by atoms with Crippen molar-refractivity contribution >= 4 is 22.9 Å². The molecule has 0 aliphatic carbocycles. The van der Waals surface area contributed by atoms with Crippen LogP contribution in [0, 0.1) is 5.92 Å². The van der Waals surface area contributed by atoms with E-state index in [1.807, 2.05) is 0 Å². The van der Waals surface area contributed by atoms with Gasteiger partial charge in [0.15, 0.2) is 16.6 Å². The smallest absolute Gasteiger partial charge is 0.192 e. The summed E-state index contributed by atoms with van der Waals surface area (Å²) < 4.78 is 11.7. The van der Waals surface area contributed by atoms with E-state index in [0.29, 0.717) is 13.0 Å². The maximum atomic E-state index is 11.2. The number of aliphatic hydroxyl groups is 1. The van der Waals surface area contributed by atoms with E-state index in [9.17, 15) is 9.90 Å². The molecule has 6 heteroatoms. The van der Waals surface area contributed by atoms with E-state index in [2.05, 4.69) is 53.5 Å². The van der Waals surface area contributed by atoms with Crippen molar-refractivity contribution in [3.8, 4) is 0 Å². The summed E-state index contributed by atoms with van der Waals surface area (Å²) in [7, 11) is -3.45. The molecule has 0 bridgehead atoms. The van der Waals surface area contributed by atoms with Gasteiger partial charge in [-0.25, -0.2) is 0 Å². The summed E-state index contributed by atoms with van der Waals surface area (Å²) in [4.78, 5) is 11.2. The fourth-order valence-corrected chi connectivity index (χ4v) is 3.24. The molecule has 0 aliphatic heterocycles. The topological polar surface area (TPSA) is 55.8 Å². The molecule has 0 aliphatic rings. The lowest BCUT2D eigenvalue weighted by molar-refractivity contribution is -0.115. The molecule has 0 amide bonds. The average molecular weight is 335 g/mol. The van der Waals surface area contributed by atoms with E-state index in [4.69, 9.17) is 8.85 Å². The van der Waals surface area contributed by atoms with Crippen LogP contribution in [-0.4, -0.2) is 47.3 Å². The number of rotatable bonds is 9. The fraction of sp³-hybridized carbons (Fsp3) is 0.933. The summed E-state index contributed by atoms with van der Waals surface area (Å²) in [5, 5.41) is 10.3. The molecule has 0 fully saturated rings. The Morgan fingerprint density at radius 3 is 2.00 bits per heavy atom. The van der Waals surface area contributed by atoms with Crippen LogP contribution in [-0.2, 0) is 13.6 Å². The Balaban J connectivity index is 4.35. The Kier molecular flexibility index (Phi) is 8.00. The number of aliphatic hydroxyl groups excluding tert-OH is 1. The minimum atomic E-state index is -1.89. The molecule has 2 atom stereocenters. The quantitative estimate of drug-likeness (QED) is 0.518. The molecule has 0 radical (unpaired) electrons. The van der Waals surface area contributed by atoms with Gasteiger partial charge in [-0.1, -0.05) is 20.8 Å². The fourth-order valence-electron chi connectivity index (χ4n) is 1.49. The molecule has 0 heterocycles. The number of carbonyl (C=O) groups excluding carboxylic acids is 1. The first-order valence-corrected chi connectivity index (χ1v) is 14.0. The molecule has 0 aromatic carbocycles. The van der Waals surface area contributed by atoms with Gasteiger partial charge in [-0.15, -0.1) is 0 Å². The van der Waals surface area contributed by atoms with Crippen molar-refractivity contribution in [2.75, 3.05) is 13.2 Å². The van der Waals surface area contributed by atoms with Gasteiger partial charge in [-0.05, 0) is 44.2 Å². The van der Waals surface area contributed by atoms with Gasteiger partial charge in [-0.3, -0.25) is 0 Å². The molecule has 21 heavy (non-hydrogen) atoms. The average Bonchev–Trinajstić information content (AvgIpc) is 2.29. The lowest BCUT2D eigenvalue weighted by Crippen LogP contribution is -2.44. The van der Waals surface area contributed by atoms with Crippen molar-refractivity contribution in [1.82, 2.24) is 0 Å². The van der Waals surface area contributed by atoms with Crippen LogP contribution in [0.4, 0.5) is 0 Å². The third-order valence-corrected chi connectivity index (χ3v) is 9.65. The molecular formula is C15H34O4Si2. The Labute approximate surface area is 132 Å². The molecular weight excluding hydrogens is 300 g/mol.